The number of amides is 4. The van der Waals surface area contributed by atoms with Crippen molar-refractivity contribution >= 4 is 35.2 Å². The minimum atomic E-state index is -1.03. The molecule has 1 aromatic rings. The highest BCUT2D eigenvalue weighted by Crippen LogP contribution is 2.43. The molecule has 2 fully saturated rings. The number of nitrogens with one attached hydrogen (secondary N) is 1. The maximum atomic E-state index is 14.4. The van der Waals surface area contributed by atoms with Crippen LogP contribution in [-0.4, -0.2) is 99.1 Å². The average Bonchev–Trinajstić information content (AvgIpc) is 3.79. The molecule has 3 aliphatic rings. The smallest absolute Gasteiger partial charge is 0.410 e. The van der Waals surface area contributed by atoms with Crippen LogP contribution >= 0.6 is 0 Å². The van der Waals surface area contributed by atoms with E-state index in [1.165, 1.54) is 4.90 Å². The Balaban J connectivity index is 1.64. The lowest BCUT2D eigenvalue weighted by molar-refractivity contribution is -0.133. The number of nitrogens with zero attached hydrogens (tertiary/aromatic N) is 3. The zero-order valence-electron chi connectivity index (χ0n) is 28.0. The second-order valence-electron chi connectivity index (χ2n) is 13.9. The first-order valence-electron chi connectivity index (χ1n) is 15.9. The Morgan fingerprint density at radius 2 is 1.80 bits per heavy atom. The van der Waals surface area contributed by atoms with Crippen LogP contribution < -0.4 is 19.9 Å². The third-order valence-corrected chi connectivity index (χ3v) is 8.14. The molecule has 1 saturated heterocycles. The molecule has 4 rings (SSSR count). The van der Waals surface area contributed by atoms with Gasteiger partial charge in [-0.1, -0.05) is 0 Å². The van der Waals surface area contributed by atoms with E-state index in [-0.39, 0.29) is 49.3 Å². The molecule has 4 amide bonds. The fourth-order valence-electron chi connectivity index (χ4n) is 5.94. The van der Waals surface area contributed by atoms with E-state index in [0.29, 0.717) is 43.3 Å². The molecule has 12 nitrogen and oxygen atoms in total. The maximum absolute atomic E-state index is 14.4. The molecule has 0 spiro atoms. The quantitative estimate of drug-likeness (QED) is 0.367. The summed E-state index contributed by atoms with van der Waals surface area (Å²) in [5, 5.41) is 2.96. The maximum Gasteiger partial charge on any atom is 0.410 e. The largest absolute Gasteiger partial charge is 0.476 e. The minimum absolute atomic E-state index is 0.0138. The molecule has 1 aromatic carbocycles. The van der Waals surface area contributed by atoms with Gasteiger partial charge in [-0.15, -0.1) is 0 Å². The molecule has 2 aliphatic heterocycles. The SMILES string of the molecule is COCCCN1C(=O)C(C)(C)Oc2ccc(N(C(=O)[C@@H]3C[C@H](C(=O)N[C@@H](C)COC)CN(C(=O)OC(C)(C)C)C3)C3CC3)cc21. The highest BCUT2D eigenvalue weighted by atomic mass is 16.6. The summed E-state index contributed by atoms with van der Waals surface area (Å²) in [4.78, 5) is 59.4. The van der Waals surface area contributed by atoms with Crippen LogP contribution in [0.3, 0.4) is 0 Å². The summed E-state index contributed by atoms with van der Waals surface area (Å²) < 4.78 is 22.1. The number of benzene rings is 1. The summed E-state index contributed by atoms with van der Waals surface area (Å²) >= 11 is 0. The van der Waals surface area contributed by atoms with Crippen LogP contribution in [0.25, 0.3) is 0 Å². The Bertz CT molecular complexity index is 1260. The number of anilines is 2. The first-order chi connectivity index (χ1) is 21.1. The zero-order valence-corrected chi connectivity index (χ0v) is 28.0. The van der Waals surface area contributed by atoms with Gasteiger partial charge in [-0.25, -0.2) is 4.79 Å². The third-order valence-electron chi connectivity index (χ3n) is 8.14. The Labute approximate surface area is 266 Å². The van der Waals surface area contributed by atoms with Crippen molar-refractivity contribution in [1.82, 2.24) is 10.2 Å². The second-order valence-corrected chi connectivity index (χ2v) is 13.9. The summed E-state index contributed by atoms with van der Waals surface area (Å²) in [7, 11) is 3.19. The van der Waals surface area contributed by atoms with Crippen molar-refractivity contribution in [3.8, 4) is 5.75 Å². The van der Waals surface area contributed by atoms with Gasteiger partial charge in [-0.05, 0) is 85.4 Å². The third kappa shape index (κ3) is 8.46. The minimum Gasteiger partial charge on any atom is -0.476 e. The number of rotatable bonds is 11. The molecular weight excluding hydrogens is 580 g/mol. The second kappa shape index (κ2) is 13.9. The standard InChI is InChI=1S/C33H50N4O8/c1-21(20-43-8)34-28(38)22-16-23(19-35(18-22)31(41)45-32(2,3)4)29(39)37(24-10-11-24)25-12-13-27-26(17-25)36(14-9-15-42-7)30(40)33(5,6)44-27/h12-13,17,21-24H,9-11,14-16,18-20H2,1-8H3,(H,34,38)/t21-,22-,23+/m0/s1. The molecule has 1 aliphatic carbocycles. The molecule has 250 valence electrons. The molecule has 0 bridgehead atoms. The van der Waals surface area contributed by atoms with E-state index in [9.17, 15) is 19.2 Å². The Morgan fingerprint density at radius 3 is 2.42 bits per heavy atom. The molecular formula is C33H50N4O8. The number of carbonyl (C=O) groups is 4. The van der Waals surface area contributed by atoms with Gasteiger partial charge in [0.05, 0.1) is 24.1 Å². The van der Waals surface area contributed by atoms with Crippen LogP contribution in [0.15, 0.2) is 18.2 Å². The summed E-state index contributed by atoms with van der Waals surface area (Å²) in [6.07, 6.45) is 2.05. The number of carbonyl (C=O) groups excluding carboxylic acids is 4. The van der Waals surface area contributed by atoms with E-state index in [1.807, 2.05) is 25.1 Å². The number of hydrogen-bond donors (Lipinski definition) is 1. The molecule has 1 saturated carbocycles. The van der Waals surface area contributed by atoms with Crippen molar-refractivity contribution in [1.29, 1.82) is 0 Å². The van der Waals surface area contributed by atoms with Gasteiger partial charge in [-0.3, -0.25) is 14.4 Å². The molecule has 0 radical (unpaired) electrons. The van der Waals surface area contributed by atoms with Crippen molar-refractivity contribution in [2.75, 3.05) is 56.9 Å². The Hall–Kier alpha value is -3.38. The number of fused-ring (bicyclic) bond motifs is 1. The van der Waals surface area contributed by atoms with Crippen molar-refractivity contribution in [2.24, 2.45) is 11.8 Å². The number of hydrogen-bond acceptors (Lipinski definition) is 8. The van der Waals surface area contributed by atoms with Gasteiger partial charge in [0.25, 0.3) is 5.91 Å². The van der Waals surface area contributed by atoms with Crippen molar-refractivity contribution in [3.05, 3.63) is 18.2 Å². The number of piperidine rings is 1. The lowest BCUT2D eigenvalue weighted by Crippen LogP contribution is -2.54. The van der Waals surface area contributed by atoms with Gasteiger partial charge in [0.15, 0.2) is 5.60 Å². The molecule has 3 atom stereocenters. The van der Waals surface area contributed by atoms with E-state index in [0.717, 1.165) is 12.8 Å². The normalized spacial score (nSPS) is 21.8. The summed E-state index contributed by atoms with van der Waals surface area (Å²) in [5.74, 6) is -1.23. The van der Waals surface area contributed by atoms with E-state index in [4.69, 9.17) is 18.9 Å². The van der Waals surface area contributed by atoms with Gasteiger partial charge in [-0.2, -0.15) is 0 Å². The topological polar surface area (TPSA) is 127 Å². The van der Waals surface area contributed by atoms with E-state index < -0.39 is 29.1 Å². The summed E-state index contributed by atoms with van der Waals surface area (Å²) in [6, 6.07) is 5.26. The monoisotopic (exact) mass is 630 g/mol. The van der Waals surface area contributed by atoms with Crippen LogP contribution in [0.1, 0.15) is 67.2 Å². The fraction of sp³-hybridized carbons (Fsp3) is 0.697. The molecule has 12 heteroatoms. The zero-order chi connectivity index (χ0) is 33.1. The summed E-state index contributed by atoms with van der Waals surface area (Å²) in [6.45, 7) is 12.3. The molecule has 45 heavy (non-hydrogen) atoms. The highest BCUT2D eigenvalue weighted by Gasteiger charge is 2.45. The van der Waals surface area contributed by atoms with Crippen LogP contribution in [-0.2, 0) is 28.6 Å². The van der Waals surface area contributed by atoms with E-state index in [1.54, 1.807) is 58.6 Å². The first-order valence-corrected chi connectivity index (χ1v) is 15.9. The van der Waals surface area contributed by atoms with Crippen LogP contribution in [0.5, 0.6) is 5.75 Å². The van der Waals surface area contributed by atoms with Gasteiger partial charge in [0.1, 0.15) is 11.4 Å². The lowest BCUT2D eigenvalue weighted by atomic mass is 9.87. The van der Waals surface area contributed by atoms with Gasteiger partial charge >= 0.3 is 6.09 Å². The van der Waals surface area contributed by atoms with Gasteiger partial charge in [0.2, 0.25) is 11.8 Å². The molecule has 1 N–H and O–H groups in total. The number of methoxy groups -OCH3 is 2. The highest BCUT2D eigenvalue weighted by molar-refractivity contribution is 6.04. The van der Waals surface area contributed by atoms with Crippen LogP contribution in [0, 0.1) is 11.8 Å². The van der Waals surface area contributed by atoms with Crippen LogP contribution in [0.2, 0.25) is 0 Å². The predicted octanol–water partition coefficient (Wildman–Crippen LogP) is 3.75. The Kier molecular flexibility index (Phi) is 10.7. The van der Waals surface area contributed by atoms with Crippen molar-refractivity contribution < 1.29 is 38.1 Å². The molecule has 0 aromatic heterocycles. The van der Waals surface area contributed by atoms with E-state index >= 15 is 0 Å². The molecule has 0 unspecified atom stereocenters. The van der Waals surface area contributed by atoms with Gasteiger partial charge in [0, 0.05) is 58.2 Å². The average molecular weight is 631 g/mol. The van der Waals surface area contributed by atoms with Crippen molar-refractivity contribution in [2.45, 2.75) is 90.5 Å². The number of ether oxygens (including phenoxy) is 4. The lowest BCUT2D eigenvalue weighted by Gasteiger charge is -2.40. The Morgan fingerprint density at radius 1 is 1.11 bits per heavy atom. The predicted molar refractivity (Wildman–Crippen MR) is 169 cm³/mol. The summed E-state index contributed by atoms with van der Waals surface area (Å²) in [5.41, 5.74) is -0.504. The van der Waals surface area contributed by atoms with E-state index in [2.05, 4.69) is 5.32 Å². The number of likely N-dealkylation sites (tertiary alicyclic amines) is 1. The van der Waals surface area contributed by atoms with Gasteiger partial charge < -0.3 is 39.0 Å². The fourth-order valence-corrected chi connectivity index (χ4v) is 5.94. The van der Waals surface area contributed by atoms with Crippen LogP contribution in [0.4, 0.5) is 16.2 Å². The van der Waals surface area contributed by atoms with Crippen molar-refractivity contribution in [3.63, 3.8) is 0 Å². The molecule has 2 heterocycles. The first kappa shape index (κ1) is 34.5.